The summed E-state index contributed by atoms with van der Waals surface area (Å²) in [6, 6.07) is 0. The second-order valence-corrected chi connectivity index (χ2v) is 15.3. The normalized spacial score (nSPS) is 57.1. The van der Waals surface area contributed by atoms with E-state index >= 15 is 0 Å². The molecule has 0 radical (unpaired) electrons. The highest BCUT2D eigenvalue weighted by molar-refractivity contribution is 6.38. The van der Waals surface area contributed by atoms with Gasteiger partial charge in [0.1, 0.15) is 0 Å². The van der Waals surface area contributed by atoms with Gasteiger partial charge < -0.3 is 0 Å². The highest BCUT2D eigenvalue weighted by Crippen LogP contribution is 2.78. The zero-order valence-electron chi connectivity index (χ0n) is 22.2. The Morgan fingerprint density at radius 3 is 1.94 bits per heavy atom. The van der Waals surface area contributed by atoms with Crippen molar-refractivity contribution in [3.63, 3.8) is 0 Å². The van der Waals surface area contributed by atoms with Gasteiger partial charge in [0.15, 0.2) is 5.78 Å². The summed E-state index contributed by atoms with van der Waals surface area (Å²) in [5.74, 6) is 1.58. The number of hydrogen-bond acceptors (Lipinski definition) is 2. The number of carbonyl (C=O) groups is 2. The van der Waals surface area contributed by atoms with Gasteiger partial charge in [-0.3, -0.25) is 9.59 Å². The number of carbonyl (C=O) groups excluding carboxylic acids is 2. The summed E-state index contributed by atoms with van der Waals surface area (Å²) in [5, 5.41) is 0. The third-order valence-electron chi connectivity index (χ3n) is 13.6. The lowest BCUT2D eigenvalue weighted by molar-refractivity contribution is -0.255. The van der Waals surface area contributed by atoms with Crippen LogP contribution in [0.2, 0.25) is 0 Å². The van der Waals surface area contributed by atoms with Gasteiger partial charge >= 0.3 is 0 Å². The van der Waals surface area contributed by atoms with Crippen LogP contribution in [0.5, 0.6) is 0 Å². The van der Waals surface area contributed by atoms with Gasteiger partial charge in [-0.05, 0) is 108 Å². The Labute approximate surface area is 197 Å². The van der Waals surface area contributed by atoms with Crippen molar-refractivity contribution in [3.8, 4) is 0 Å². The molecule has 2 heteroatoms. The molecule has 0 aromatic rings. The Bertz CT molecular complexity index is 857. The predicted molar refractivity (Wildman–Crippen MR) is 130 cm³/mol. The fourth-order valence-corrected chi connectivity index (χ4v) is 10.9. The first-order valence-electron chi connectivity index (χ1n) is 13.7. The molecule has 5 saturated carbocycles. The maximum absolute atomic E-state index is 12.8. The molecular formula is C30H48O2. The van der Waals surface area contributed by atoms with Crippen LogP contribution in [0.3, 0.4) is 0 Å². The summed E-state index contributed by atoms with van der Waals surface area (Å²) >= 11 is 0. The maximum atomic E-state index is 12.8. The molecule has 0 bridgehead atoms. The molecule has 32 heavy (non-hydrogen) atoms. The van der Waals surface area contributed by atoms with Gasteiger partial charge in [0.25, 0.3) is 0 Å². The molecule has 0 amide bonds. The van der Waals surface area contributed by atoms with E-state index in [9.17, 15) is 9.59 Å². The second kappa shape index (κ2) is 6.51. The van der Waals surface area contributed by atoms with E-state index in [0.29, 0.717) is 39.9 Å². The van der Waals surface area contributed by atoms with Crippen LogP contribution >= 0.6 is 0 Å². The number of rotatable bonds is 0. The second-order valence-electron chi connectivity index (χ2n) is 15.3. The van der Waals surface area contributed by atoms with Crippen molar-refractivity contribution in [2.75, 3.05) is 0 Å². The minimum Gasteiger partial charge on any atom is -0.291 e. The highest BCUT2D eigenvalue weighted by atomic mass is 16.2. The minimum atomic E-state index is -0.110. The lowest BCUT2D eigenvalue weighted by Crippen LogP contribution is -2.68. The van der Waals surface area contributed by atoms with Crippen LogP contribution in [-0.4, -0.2) is 11.6 Å². The molecule has 9 atom stereocenters. The van der Waals surface area contributed by atoms with Crippen molar-refractivity contribution in [2.24, 2.45) is 56.2 Å². The third-order valence-corrected chi connectivity index (χ3v) is 13.6. The van der Waals surface area contributed by atoms with E-state index in [1.54, 1.807) is 0 Å². The monoisotopic (exact) mass is 440 g/mol. The van der Waals surface area contributed by atoms with E-state index < -0.39 is 0 Å². The number of ketones is 2. The Morgan fingerprint density at radius 1 is 0.656 bits per heavy atom. The number of Topliss-reactive ketones (excluding diaryl/α,β-unsaturated/α-hetero) is 2. The predicted octanol–water partition coefficient (Wildman–Crippen LogP) is 7.64. The van der Waals surface area contributed by atoms with Gasteiger partial charge in [-0.25, -0.2) is 0 Å². The average Bonchev–Trinajstić information content (AvgIpc) is 2.72. The van der Waals surface area contributed by atoms with Crippen LogP contribution in [0.15, 0.2) is 0 Å². The molecule has 0 N–H and O–H groups in total. The first kappa shape index (κ1) is 23.1. The molecule has 0 spiro atoms. The fraction of sp³-hybridized carbons (Fsp3) is 0.933. The number of hydrogen-bond donors (Lipinski definition) is 0. The lowest BCUT2D eigenvalue weighted by Gasteiger charge is -2.74. The lowest BCUT2D eigenvalue weighted by atomic mass is 9.30. The molecule has 0 aromatic carbocycles. The Balaban J connectivity index is 1.56. The Hall–Kier alpha value is -0.660. The molecule has 180 valence electrons. The fourth-order valence-electron chi connectivity index (χ4n) is 10.9. The summed E-state index contributed by atoms with van der Waals surface area (Å²) < 4.78 is 0. The largest absolute Gasteiger partial charge is 0.291 e. The van der Waals surface area contributed by atoms with Crippen molar-refractivity contribution in [3.05, 3.63) is 0 Å². The quantitative estimate of drug-likeness (QED) is 0.363. The average molecular weight is 441 g/mol. The van der Waals surface area contributed by atoms with Crippen molar-refractivity contribution >= 4 is 11.6 Å². The first-order valence-corrected chi connectivity index (χ1v) is 13.7. The van der Waals surface area contributed by atoms with Gasteiger partial charge in [0, 0.05) is 12.3 Å². The molecule has 0 heterocycles. The summed E-state index contributed by atoms with van der Waals surface area (Å²) in [6.07, 6.45) is 12.3. The maximum Gasteiger partial charge on any atom is 0.201 e. The van der Waals surface area contributed by atoms with Crippen molar-refractivity contribution in [2.45, 2.75) is 120 Å². The molecule has 5 rings (SSSR count). The minimum absolute atomic E-state index is 0.00362. The standard InChI is InChI=1S/C30H48O2/c1-19-24(32)20(31)17-22-27(19,5)10-9-21-28(22,6)14-16-30(8)23-18-25(2,3)11-12-26(23,4)13-15-29(21,30)7/h19,21-23H,9-18H2,1-8H3. The topological polar surface area (TPSA) is 34.1 Å². The number of fused-ring (bicyclic) bond motifs is 7. The van der Waals surface area contributed by atoms with Crippen LogP contribution in [0.25, 0.3) is 0 Å². The molecule has 0 aliphatic heterocycles. The zero-order valence-corrected chi connectivity index (χ0v) is 22.2. The van der Waals surface area contributed by atoms with E-state index in [2.05, 4.69) is 55.4 Å². The molecule has 5 aliphatic rings. The van der Waals surface area contributed by atoms with E-state index in [1.807, 2.05) is 0 Å². The Morgan fingerprint density at radius 2 is 1.25 bits per heavy atom. The van der Waals surface area contributed by atoms with Gasteiger partial charge in [-0.1, -0.05) is 55.4 Å². The smallest absolute Gasteiger partial charge is 0.201 e. The molecule has 9 unspecified atom stereocenters. The van der Waals surface area contributed by atoms with Crippen LogP contribution in [0.4, 0.5) is 0 Å². The third kappa shape index (κ3) is 2.65. The van der Waals surface area contributed by atoms with E-state index in [-0.39, 0.29) is 28.3 Å². The van der Waals surface area contributed by atoms with Crippen molar-refractivity contribution in [1.29, 1.82) is 0 Å². The molecule has 5 aliphatic carbocycles. The Kier molecular flexibility index (Phi) is 4.70. The molecule has 0 aromatic heterocycles. The summed E-state index contributed by atoms with van der Waals surface area (Å²) in [5.41, 5.74) is 1.87. The summed E-state index contributed by atoms with van der Waals surface area (Å²) in [6.45, 7) is 19.9. The SMILES string of the molecule is CC1C(=O)C(=O)CC2C1(C)CCC1C2(C)CCC2(C)C3CC(C)(C)CCC3(C)CCC12C. The molecule has 5 fully saturated rings. The molecule has 2 nitrogen and oxygen atoms in total. The van der Waals surface area contributed by atoms with Crippen LogP contribution in [0.1, 0.15) is 120 Å². The zero-order chi connectivity index (χ0) is 23.5. The van der Waals surface area contributed by atoms with Crippen LogP contribution in [-0.2, 0) is 9.59 Å². The van der Waals surface area contributed by atoms with Gasteiger partial charge in [0.05, 0.1) is 0 Å². The highest BCUT2D eigenvalue weighted by Gasteiger charge is 2.71. The molecule has 0 saturated heterocycles. The van der Waals surface area contributed by atoms with Gasteiger partial charge in [-0.2, -0.15) is 0 Å². The van der Waals surface area contributed by atoms with E-state index in [0.717, 1.165) is 12.3 Å². The van der Waals surface area contributed by atoms with Gasteiger partial charge in [-0.15, -0.1) is 0 Å². The van der Waals surface area contributed by atoms with Crippen LogP contribution < -0.4 is 0 Å². The van der Waals surface area contributed by atoms with Crippen molar-refractivity contribution < 1.29 is 9.59 Å². The van der Waals surface area contributed by atoms with E-state index in [1.165, 1.54) is 51.4 Å². The van der Waals surface area contributed by atoms with E-state index in [4.69, 9.17) is 0 Å². The molecular weight excluding hydrogens is 392 g/mol. The van der Waals surface area contributed by atoms with Crippen molar-refractivity contribution in [1.82, 2.24) is 0 Å². The van der Waals surface area contributed by atoms with Gasteiger partial charge in [0.2, 0.25) is 5.78 Å². The first-order chi connectivity index (χ1) is 14.6. The van der Waals surface area contributed by atoms with Crippen LogP contribution in [0, 0.1) is 56.2 Å². The summed E-state index contributed by atoms with van der Waals surface area (Å²) in [4.78, 5) is 25.5. The summed E-state index contributed by atoms with van der Waals surface area (Å²) in [7, 11) is 0.